The molecule has 1 heterocycles. The van der Waals surface area contributed by atoms with E-state index in [0.29, 0.717) is 5.88 Å². The van der Waals surface area contributed by atoms with Crippen LogP contribution >= 0.6 is 0 Å². The first-order chi connectivity index (χ1) is 9.21. The highest BCUT2D eigenvalue weighted by Crippen LogP contribution is 2.20. The fourth-order valence-corrected chi connectivity index (χ4v) is 1.83. The molecule has 0 fully saturated rings. The van der Waals surface area contributed by atoms with E-state index in [2.05, 4.69) is 22.2 Å². The molecule has 0 aliphatic rings. The molecule has 0 radical (unpaired) electrons. The van der Waals surface area contributed by atoms with Crippen LogP contribution in [0, 0.1) is 6.92 Å². The Morgan fingerprint density at radius 1 is 1.16 bits per heavy atom. The topological polar surface area (TPSA) is 47.0 Å². The summed E-state index contributed by atoms with van der Waals surface area (Å²) in [4.78, 5) is 8.62. The minimum Gasteiger partial charge on any atom is -0.439 e. The molecule has 4 heteroatoms. The molecule has 0 aliphatic carbocycles. The molecule has 0 bridgehead atoms. The Bertz CT molecular complexity index is 538. The van der Waals surface area contributed by atoms with Gasteiger partial charge in [-0.25, -0.2) is 4.98 Å². The number of aryl methyl sites for hydroxylation is 2. The van der Waals surface area contributed by atoms with Crippen LogP contribution < -0.4 is 10.1 Å². The molecule has 2 rings (SSSR count). The second-order valence-electron chi connectivity index (χ2n) is 4.37. The van der Waals surface area contributed by atoms with Gasteiger partial charge in [-0.15, -0.1) is 0 Å². The van der Waals surface area contributed by atoms with Crippen molar-refractivity contribution in [1.82, 2.24) is 15.3 Å². The standard InChI is InChI=1S/C15H19N3O/c1-4-13-9-15(18-11(2)17-13)19-14-7-5-12(6-8-14)10-16-3/h5-9,16H,4,10H2,1-3H3. The number of rotatable bonds is 5. The fourth-order valence-electron chi connectivity index (χ4n) is 1.83. The van der Waals surface area contributed by atoms with Crippen LogP contribution in [0.5, 0.6) is 11.6 Å². The first kappa shape index (κ1) is 13.5. The van der Waals surface area contributed by atoms with Gasteiger partial charge < -0.3 is 10.1 Å². The Hall–Kier alpha value is -1.94. The number of ether oxygens (including phenoxy) is 1. The highest BCUT2D eigenvalue weighted by atomic mass is 16.5. The first-order valence-corrected chi connectivity index (χ1v) is 6.47. The lowest BCUT2D eigenvalue weighted by atomic mass is 10.2. The van der Waals surface area contributed by atoms with Gasteiger partial charge in [0.2, 0.25) is 5.88 Å². The van der Waals surface area contributed by atoms with E-state index in [4.69, 9.17) is 4.74 Å². The molecule has 0 unspecified atom stereocenters. The normalized spacial score (nSPS) is 10.5. The second kappa shape index (κ2) is 6.29. The van der Waals surface area contributed by atoms with Crippen molar-refractivity contribution < 1.29 is 4.74 Å². The van der Waals surface area contributed by atoms with Crippen LogP contribution in [-0.4, -0.2) is 17.0 Å². The molecule has 1 N–H and O–H groups in total. The zero-order valence-electron chi connectivity index (χ0n) is 11.6. The van der Waals surface area contributed by atoms with E-state index in [0.717, 1.165) is 30.2 Å². The lowest BCUT2D eigenvalue weighted by molar-refractivity contribution is 0.458. The summed E-state index contributed by atoms with van der Waals surface area (Å²) in [6.07, 6.45) is 0.876. The molecule has 0 amide bonds. The number of aromatic nitrogens is 2. The summed E-state index contributed by atoms with van der Waals surface area (Å²) in [6, 6.07) is 9.88. The summed E-state index contributed by atoms with van der Waals surface area (Å²) < 4.78 is 5.76. The maximum absolute atomic E-state index is 5.76. The van der Waals surface area contributed by atoms with Crippen molar-refractivity contribution in [3.8, 4) is 11.6 Å². The zero-order chi connectivity index (χ0) is 13.7. The number of hydrogen-bond donors (Lipinski definition) is 1. The Morgan fingerprint density at radius 2 is 1.89 bits per heavy atom. The van der Waals surface area contributed by atoms with E-state index >= 15 is 0 Å². The lowest BCUT2D eigenvalue weighted by Crippen LogP contribution is -2.04. The summed E-state index contributed by atoms with van der Waals surface area (Å²) in [5.74, 6) is 2.13. The van der Waals surface area contributed by atoms with Gasteiger partial charge in [-0.2, -0.15) is 4.98 Å². The van der Waals surface area contributed by atoms with Gasteiger partial charge in [0.1, 0.15) is 11.6 Å². The Balaban J connectivity index is 2.14. The molecular formula is C15H19N3O. The van der Waals surface area contributed by atoms with Gasteiger partial charge in [-0.1, -0.05) is 19.1 Å². The van der Waals surface area contributed by atoms with Gasteiger partial charge in [-0.05, 0) is 38.1 Å². The van der Waals surface area contributed by atoms with Gasteiger partial charge >= 0.3 is 0 Å². The van der Waals surface area contributed by atoms with Gasteiger partial charge in [0, 0.05) is 18.3 Å². The van der Waals surface area contributed by atoms with Gasteiger partial charge in [0.05, 0.1) is 0 Å². The third kappa shape index (κ3) is 3.76. The summed E-state index contributed by atoms with van der Waals surface area (Å²) in [5, 5.41) is 3.11. The first-order valence-electron chi connectivity index (χ1n) is 6.47. The van der Waals surface area contributed by atoms with Crippen LogP contribution in [0.4, 0.5) is 0 Å². The Kier molecular flexibility index (Phi) is 4.47. The third-order valence-electron chi connectivity index (χ3n) is 2.76. The predicted molar refractivity (Wildman–Crippen MR) is 75.4 cm³/mol. The van der Waals surface area contributed by atoms with E-state index in [1.54, 1.807) is 0 Å². The van der Waals surface area contributed by atoms with Crippen LogP contribution in [0.3, 0.4) is 0 Å². The minimum atomic E-state index is 0.603. The SMILES string of the molecule is CCc1cc(Oc2ccc(CNC)cc2)nc(C)n1. The molecule has 2 aromatic rings. The molecule has 0 saturated carbocycles. The van der Waals surface area contributed by atoms with Crippen LogP contribution in [0.1, 0.15) is 24.0 Å². The average molecular weight is 257 g/mol. The Morgan fingerprint density at radius 3 is 2.53 bits per heavy atom. The highest BCUT2D eigenvalue weighted by Gasteiger charge is 2.03. The van der Waals surface area contributed by atoms with E-state index in [1.165, 1.54) is 5.56 Å². The minimum absolute atomic E-state index is 0.603. The van der Waals surface area contributed by atoms with Crippen LogP contribution in [-0.2, 0) is 13.0 Å². The van der Waals surface area contributed by atoms with Crippen molar-refractivity contribution >= 4 is 0 Å². The van der Waals surface area contributed by atoms with Crippen molar-refractivity contribution in [2.24, 2.45) is 0 Å². The van der Waals surface area contributed by atoms with Crippen molar-refractivity contribution in [2.75, 3.05) is 7.05 Å². The zero-order valence-corrected chi connectivity index (χ0v) is 11.6. The summed E-state index contributed by atoms with van der Waals surface area (Å²) in [5.41, 5.74) is 2.22. The molecular weight excluding hydrogens is 238 g/mol. The van der Waals surface area contributed by atoms with Crippen molar-refractivity contribution in [1.29, 1.82) is 0 Å². The molecule has 0 spiro atoms. The highest BCUT2D eigenvalue weighted by molar-refractivity contribution is 5.31. The number of benzene rings is 1. The maximum Gasteiger partial charge on any atom is 0.222 e. The van der Waals surface area contributed by atoms with Gasteiger partial charge in [-0.3, -0.25) is 0 Å². The smallest absolute Gasteiger partial charge is 0.222 e. The van der Waals surface area contributed by atoms with Gasteiger partial charge in [0.25, 0.3) is 0 Å². The molecule has 0 saturated heterocycles. The van der Waals surface area contributed by atoms with Gasteiger partial charge in [0.15, 0.2) is 0 Å². The number of nitrogens with zero attached hydrogens (tertiary/aromatic N) is 2. The number of hydrogen-bond acceptors (Lipinski definition) is 4. The van der Waals surface area contributed by atoms with E-state index < -0.39 is 0 Å². The monoisotopic (exact) mass is 257 g/mol. The summed E-state index contributed by atoms with van der Waals surface area (Å²) >= 11 is 0. The van der Waals surface area contributed by atoms with Crippen molar-refractivity contribution in [3.63, 3.8) is 0 Å². The van der Waals surface area contributed by atoms with E-state index in [9.17, 15) is 0 Å². The molecule has 4 nitrogen and oxygen atoms in total. The van der Waals surface area contributed by atoms with Crippen molar-refractivity contribution in [3.05, 3.63) is 47.4 Å². The lowest BCUT2D eigenvalue weighted by Gasteiger charge is -2.07. The molecule has 0 atom stereocenters. The third-order valence-corrected chi connectivity index (χ3v) is 2.76. The van der Waals surface area contributed by atoms with E-state index in [-0.39, 0.29) is 0 Å². The summed E-state index contributed by atoms with van der Waals surface area (Å²) in [7, 11) is 1.93. The quantitative estimate of drug-likeness (QED) is 0.894. The Labute approximate surface area is 113 Å². The summed E-state index contributed by atoms with van der Waals surface area (Å²) in [6.45, 7) is 4.80. The van der Waals surface area contributed by atoms with Crippen LogP contribution in [0.25, 0.3) is 0 Å². The molecule has 1 aromatic carbocycles. The second-order valence-corrected chi connectivity index (χ2v) is 4.37. The van der Waals surface area contributed by atoms with E-state index in [1.807, 2.05) is 44.3 Å². The molecule has 0 aliphatic heterocycles. The van der Waals surface area contributed by atoms with Crippen LogP contribution in [0.2, 0.25) is 0 Å². The van der Waals surface area contributed by atoms with Crippen molar-refractivity contribution in [2.45, 2.75) is 26.8 Å². The maximum atomic E-state index is 5.76. The number of nitrogens with one attached hydrogen (secondary N) is 1. The molecule has 1 aromatic heterocycles. The fraction of sp³-hybridized carbons (Fsp3) is 0.333. The molecule has 100 valence electrons. The van der Waals surface area contributed by atoms with Crippen LogP contribution in [0.15, 0.2) is 30.3 Å². The predicted octanol–water partition coefficient (Wildman–Crippen LogP) is 2.86. The molecule has 19 heavy (non-hydrogen) atoms. The largest absolute Gasteiger partial charge is 0.439 e. The average Bonchev–Trinajstić information content (AvgIpc) is 2.40.